The van der Waals surface area contributed by atoms with Crippen molar-refractivity contribution in [3.05, 3.63) is 28.2 Å². The predicted octanol–water partition coefficient (Wildman–Crippen LogP) is 0.212. The number of nitrogens with one attached hydrogen (secondary N) is 2. The van der Waals surface area contributed by atoms with Crippen molar-refractivity contribution in [2.24, 2.45) is 5.10 Å². The van der Waals surface area contributed by atoms with E-state index in [1.165, 1.54) is 11.3 Å². The van der Waals surface area contributed by atoms with Gasteiger partial charge in [-0.2, -0.15) is 10.1 Å². The Morgan fingerprint density at radius 2 is 2.56 bits per heavy atom. The quantitative estimate of drug-likeness (QED) is 0.522. The Morgan fingerprint density at radius 1 is 1.69 bits per heavy atom. The van der Waals surface area contributed by atoms with Crippen LogP contribution in [0.1, 0.15) is 15.5 Å². The Hall–Kier alpha value is -2.22. The van der Waals surface area contributed by atoms with Gasteiger partial charge in [0.1, 0.15) is 0 Å². The number of anilines is 1. The Labute approximate surface area is 94.4 Å². The van der Waals surface area contributed by atoms with Crippen LogP contribution in [0.5, 0.6) is 0 Å². The molecule has 4 N–H and O–H groups in total. The number of hydrazone groups is 1. The van der Waals surface area contributed by atoms with E-state index in [9.17, 15) is 4.79 Å². The molecule has 0 spiro atoms. The molecular formula is C8H8N6OS. The highest BCUT2D eigenvalue weighted by molar-refractivity contribution is 7.11. The molecule has 2 aromatic rings. The van der Waals surface area contributed by atoms with Crippen LogP contribution >= 0.6 is 11.3 Å². The fourth-order valence-electron chi connectivity index (χ4n) is 0.949. The highest BCUT2D eigenvalue weighted by Gasteiger charge is 2.08. The number of thiophene rings is 1. The van der Waals surface area contributed by atoms with E-state index >= 15 is 0 Å². The van der Waals surface area contributed by atoms with Gasteiger partial charge in [-0.05, 0) is 11.4 Å². The molecule has 0 aliphatic rings. The van der Waals surface area contributed by atoms with E-state index in [2.05, 4.69) is 25.7 Å². The number of carbonyl (C=O) groups excluding carboxylic acids is 1. The molecule has 0 aromatic carbocycles. The molecule has 0 unspecified atom stereocenters. The summed E-state index contributed by atoms with van der Waals surface area (Å²) in [5, 5.41) is 11.6. The smallest absolute Gasteiger partial charge is 0.308 e. The van der Waals surface area contributed by atoms with Crippen LogP contribution in [-0.4, -0.2) is 27.3 Å². The van der Waals surface area contributed by atoms with Crippen molar-refractivity contribution < 1.29 is 4.79 Å². The summed E-state index contributed by atoms with van der Waals surface area (Å²) >= 11 is 1.52. The molecule has 0 radical (unpaired) electrons. The van der Waals surface area contributed by atoms with Crippen molar-refractivity contribution in [2.45, 2.75) is 0 Å². The van der Waals surface area contributed by atoms with Gasteiger partial charge in [-0.25, -0.2) is 5.43 Å². The van der Waals surface area contributed by atoms with E-state index in [4.69, 9.17) is 5.73 Å². The fraction of sp³-hybridized carbons (Fsp3) is 0. The van der Waals surface area contributed by atoms with Gasteiger partial charge in [0, 0.05) is 4.88 Å². The molecule has 0 bridgehead atoms. The molecule has 16 heavy (non-hydrogen) atoms. The molecule has 1 amide bonds. The predicted molar refractivity (Wildman–Crippen MR) is 60.2 cm³/mol. The van der Waals surface area contributed by atoms with Gasteiger partial charge < -0.3 is 5.73 Å². The molecule has 2 heterocycles. The third-order valence-corrected chi connectivity index (χ3v) is 2.43. The summed E-state index contributed by atoms with van der Waals surface area (Å²) in [7, 11) is 0. The minimum atomic E-state index is -0.489. The summed E-state index contributed by atoms with van der Waals surface area (Å²) < 4.78 is 0. The van der Waals surface area contributed by atoms with E-state index in [0.29, 0.717) is 0 Å². The lowest BCUT2D eigenvalue weighted by atomic mass is 10.5. The summed E-state index contributed by atoms with van der Waals surface area (Å²) in [6, 6.07) is 3.78. The third-order valence-electron chi connectivity index (χ3n) is 1.62. The molecule has 2 rings (SSSR count). The van der Waals surface area contributed by atoms with Crippen molar-refractivity contribution >= 4 is 29.4 Å². The second-order valence-corrected chi connectivity index (χ2v) is 3.74. The molecule has 2 aromatic heterocycles. The maximum Gasteiger partial charge on any atom is 0.308 e. The highest BCUT2D eigenvalue weighted by atomic mass is 32.1. The zero-order valence-electron chi connectivity index (χ0n) is 8.04. The lowest BCUT2D eigenvalue weighted by Crippen LogP contribution is -2.19. The third kappa shape index (κ3) is 2.42. The van der Waals surface area contributed by atoms with E-state index in [1.54, 1.807) is 6.21 Å². The number of hydrogen-bond acceptors (Lipinski definition) is 6. The van der Waals surface area contributed by atoms with Gasteiger partial charge in [-0.15, -0.1) is 16.4 Å². The van der Waals surface area contributed by atoms with Gasteiger partial charge in [0.25, 0.3) is 0 Å². The Kier molecular flexibility index (Phi) is 2.92. The van der Waals surface area contributed by atoms with Crippen LogP contribution in [0.25, 0.3) is 0 Å². The topological polar surface area (TPSA) is 109 Å². The number of H-pyrrole nitrogens is 1. The van der Waals surface area contributed by atoms with Crippen LogP contribution in [0.4, 0.5) is 5.95 Å². The van der Waals surface area contributed by atoms with Crippen molar-refractivity contribution in [3.63, 3.8) is 0 Å². The van der Waals surface area contributed by atoms with Crippen LogP contribution in [0, 0.1) is 0 Å². The van der Waals surface area contributed by atoms with Gasteiger partial charge in [0.2, 0.25) is 11.8 Å². The van der Waals surface area contributed by atoms with Crippen LogP contribution in [0.2, 0.25) is 0 Å². The summed E-state index contributed by atoms with van der Waals surface area (Å²) in [6.45, 7) is 0. The average molecular weight is 236 g/mol. The second kappa shape index (κ2) is 4.53. The van der Waals surface area contributed by atoms with Crippen molar-refractivity contribution in [1.29, 1.82) is 0 Å². The summed E-state index contributed by atoms with van der Waals surface area (Å²) in [6.07, 6.45) is 1.54. The average Bonchev–Trinajstić information content (AvgIpc) is 2.89. The van der Waals surface area contributed by atoms with Gasteiger partial charge in [-0.1, -0.05) is 6.07 Å². The number of amides is 1. The van der Waals surface area contributed by atoms with E-state index in [1.807, 2.05) is 17.5 Å². The number of aromatic nitrogens is 3. The SMILES string of the molecule is Nc1n[nH]c(C(=O)NN=Cc2cccs2)n1. The molecule has 0 saturated carbocycles. The normalized spacial score (nSPS) is 10.8. The molecule has 8 heteroatoms. The lowest BCUT2D eigenvalue weighted by Gasteiger charge is -1.92. The molecule has 0 saturated heterocycles. The van der Waals surface area contributed by atoms with Crippen molar-refractivity contribution in [3.8, 4) is 0 Å². The Morgan fingerprint density at radius 3 is 3.19 bits per heavy atom. The molecule has 0 aliphatic carbocycles. The van der Waals surface area contributed by atoms with Gasteiger partial charge in [0.15, 0.2) is 0 Å². The summed E-state index contributed by atoms with van der Waals surface area (Å²) in [5.74, 6) is -0.440. The monoisotopic (exact) mass is 236 g/mol. The van der Waals surface area contributed by atoms with Gasteiger partial charge >= 0.3 is 5.91 Å². The Balaban J connectivity index is 1.94. The summed E-state index contributed by atoms with van der Waals surface area (Å²) in [5.41, 5.74) is 7.55. The zero-order chi connectivity index (χ0) is 11.4. The largest absolute Gasteiger partial charge is 0.366 e. The maximum absolute atomic E-state index is 11.4. The van der Waals surface area contributed by atoms with Gasteiger partial charge in [-0.3, -0.25) is 9.89 Å². The highest BCUT2D eigenvalue weighted by Crippen LogP contribution is 2.04. The van der Waals surface area contributed by atoms with E-state index in [0.717, 1.165) is 4.88 Å². The lowest BCUT2D eigenvalue weighted by molar-refractivity contribution is 0.0945. The standard InChI is InChI=1S/C8H8N6OS/c9-8-11-6(12-14-8)7(15)13-10-4-5-2-1-3-16-5/h1-4H,(H,13,15)(H3,9,11,12,14). The van der Waals surface area contributed by atoms with Gasteiger partial charge in [0.05, 0.1) is 6.21 Å². The number of nitrogens with two attached hydrogens (primary N) is 1. The molecular weight excluding hydrogens is 228 g/mol. The number of aromatic amines is 1. The van der Waals surface area contributed by atoms with Crippen LogP contribution in [0.3, 0.4) is 0 Å². The molecule has 82 valence electrons. The number of carbonyl (C=O) groups is 1. The summed E-state index contributed by atoms with van der Waals surface area (Å²) in [4.78, 5) is 16.0. The van der Waals surface area contributed by atoms with Crippen molar-refractivity contribution in [1.82, 2.24) is 20.6 Å². The molecule has 0 aliphatic heterocycles. The fourth-order valence-corrected chi connectivity index (χ4v) is 1.53. The molecule has 0 fully saturated rings. The number of rotatable bonds is 3. The first-order chi connectivity index (χ1) is 7.75. The second-order valence-electron chi connectivity index (χ2n) is 2.76. The number of nitrogens with zero attached hydrogens (tertiary/aromatic N) is 3. The minimum absolute atomic E-state index is 0.0207. The number of nitrogen functional groups attached to an aromatic ring is 1. The van der Waals surface area contributed by atoms with E-state index in [-0.39, 0.29) is 11.8 Å². The van der Waals surface area contributed by atoms with Crippen LogP contribution in [-0.2, 0) is 0 Å². The molecule has 7 nitrogen and oxygen atoms in total. The van der Waals surface area contributed by atoms with Crippen LogP contribution < -0.4 is 11.2 Å². The van der Waals surface area contributed by atoms with Crippen LogP contribution in [0.15, 0.2) is 22.6 Å². The first-order valence-corrected chi connectivity index (χ1v) is 5.18. The van der Waals surface area contributed by atoms with E-state index < -0.39 is 5.91 Å². The zero-order valence-corrected chi connectivity index (χ0v) is 8.86. The first kappa shape index (κ1) is 10.3. The molecule has 0 atom stereocenters. The first-order valence-electron chi connectivity index (χ1n) is 4.30. The minimum Gasteiger partial charge on any atom is -0.366 e. The van der Waals surface area contributed by atoms with Crippen molar-refractivity contribution in [2.75, 3.05) is 5.73 Å². The Bertz CT molecular complexity index is 502. The number of hydrogen-bond donors (Lipinski definition) is 3. The maximum atomic E-state index is 11.4.